The van der Waals surface area contributed by atoms with Crippen molar-refractivity contribution in [2.45, 2.75) is 33.1 Å². The molecular formula is C39H36N2O7. The number of esters is 2. The van der Waals surface area contributed by atoms with Gasteiger partial charge in [-0.3, -0.25) is 4.79 Å². The third kappa shape index (κ3) is 6.07. The van der Waals surface area contributed by atoms with Crippen molar-refractivity contribution in [3.05, 3.63) is 118 Å². The van der Waals surface area contributed by atoms with Gasteiger partial charge in [-0.2, -0.15) is 0 Å². The number of aromatic nitrogens is 2. The number of benzene rings is 3. The molecule has 2 aromatic heterocycles. The highest BCUT2D eigenvalue weighted by molar-refractivity contribution is 6.08. The molecule has 0 fully saturated rings. The Bertz CT molecular complexity index is 2090. The highest BCUT2D eigenvalue weighted by Crippen LogP contribution is 2.37. The second-order valence-corrected chi connectivity index (χ2v) is 11.6. The standard InChI is InChI=1S/C39H36N2O7/c1-23-19-31(24(2)41(23)28-16-14-26(15-17-28)38(43)47-5)33(42)22-48-39(44)36-29-10-6-7-12-32(29)40-37-27(9-8-11-30(36)37)20-25-13-18-34(45-3)35(21-25)46-4/h6-7,10,12-21H,8-9,11,22H2,1-5H3/b27-20+. The predicted octanol–water partition coefficient (Wildman–Crippen LogP) is 7.36. The van der Waals surface area contributed by atoms with E-state index in [4.69, 9.17) is 23.9 Å². The first-order valence-electron chi connectivity index (χ1n) is 15.7. The zero-order valence-electron chi connectivity index (χ0n) is 27.6. The number of nitrogens with zero attached hydrogens (tertiary/aromatic N) is 2. The van der Waals surface area contributed by atoms with Crippen LogP contribution < -0.4 is 9.47 Å². The minimum absolute atomic E-state index is 0.310. The van der Waals surface area contributed by atoms with Crippen LogP contribution in [0, 0.1) is 13.8 Å². The Kier molecular flexibility index (Phi) is 9.12. The number of Topliss-reactive ketones (excluding diaryl/α,β-unsaturated/α-hetero) is 1. The maximum atomic E-state index is 13.9. The van der Waals surface area contributed by atoms with Crippen LogP contribution in [-0.4, -0.2) is 55.2 Å². The normalized spacial score (nSPS) is 13.2. The molecule has 0 saturated heterocycles. The lowest BCUT2D eigenvalue weighted by Crippen LogP contribution is -2.19. The molecule has 0 aliphatic heterocycles. The fourth-order valence-electron chi connectivity index (χ4n) is 6.44. The van der Waals surface area contributed by atoms with Gasteiger partial charge in [0.25, 0.3) is 0 Å². The van der Waals surface area contributed by atoms with Gasteiger partial charge in [-0.15, -0.1) is 0 Å². The molecule has 0 atom stereocenters. The van der Waals surface area contributed by atoms with Gasteiger partial charge >= 0.3 is 11.9 Å². The number of methoxy groups -OCH3 is 3. The molecule has 0 N–H and O–H groups in total. The van der Waals surface area contributed by atoms with Gasteiger partial charge in [0.05, 0.1) is 43.7 Å². The SMILES string of the molecule is COC(=O)c1ccc(-n2c(C)cc(C(=O)COC(=O)c3c4c(nc5ccccc35)/C(=C/c3ccc(OC)c(OC)c3)CCC4)c2C)cc1. The minimum atomic E-state index is -0.558. The molecule has 48 heavy (non-hydrogen) atoms. The highest BCUT2D eigenvalue weighted by atomic mass is 16.5. The number of ether oxygens (including phenoxy) is 4. The Morgan fingerprint density at radius 3 is 2.33 bits per heavy atom. The van der Waals surface area contributed by atoms with E-state index in [1.54, 1.807) is 44.6 Å². The third-order valence-corrected chi connectivity index (χ3v) is 8.74. The lowest BCUT2D eigenvalue weighted by atomic mass is 9.86. The third-order valence-electron chi connectivity index (χ3n) is 8.74. The van der Waals surface area contributed by atoms with E-state index in [0.29, 0.717) is 51.2 Å². The number of hydrogen-bond acceptors (Lipinski definition) is 8. The summed E-state index contributed by atoms with van der Waals surface area (Å²) in [4.78, 5) is 44.2. The van der Waals surface area contributed by atoms with Crippen molar-refractivity contribution in [3.63, 3.8) is 0 Å². The lowest BCUT2D eigenvalue weighted by Gasteiger charge is -2.22. The van der Waals surface area contributed by atoms with Crippen molar-refractivity contribution in [1.29, 1.82) is 0 Å². The Labute approximate surface area is 278 Å². The fraction of sp³-hybridized carbons (Fsp3) is 0.231. The van der Waals surface area contributed by atoms with E-state index in [2.05, 4.69) is 6.08 Å². The number of rotatable bonds is 9. The number of fused-ring (bicyclic) bond motifs is 2. The van der Waals surface area contributed by atoms with Gasteiger partial charge in [0, 0.05) is 28.0 Å². The first-order valence-corrected chi connectivity index (χ1v) is 15.7. The molecule has 0 spiro atoms. The molecule has 0 unspecified atom stereocenters. The number of ketones is 1. The Hall–Kier alpha value is -5.70. The van der Waals surface area contributed by atoms with Crippen LogP contribution >= 0.6 is 0 Å². The zero-order valence-corrected chi connectivity index (χ0v) is 27.6. The van der Waals surface area contributed by atoms with Gasteiger partial charge in [0.1, 0.15) is 0 Å². The Morgan fingerprint density at radius 1 is 0.854 bits per heavy atom. The molecule has 1 aliphatic rings. The van der Waals surface area contributed by atoms with Crippen molar-refractivity contribution in [1.82, 2.24) is 9.55 Å². The van der Waals surface area contributed by atoms with Crippen LogP contribution in [0.3, 0.4) is 0 Å². The van der Waals surface area contributed by atoms with E-state index in [1.165, 1.54) is 7.11 Å². The van der Waals surface area contributed by atoms with Gasteiger partial charge in [-0.05, 0) is 104 Å². The van der Waals surface area contributed by atoms with Crippen molar-refractivity contribution in [2.24, 2.45) is 0 Å². The summed E-state index contributed by atoms with van der Waals surface area (Å²) < 4.78 is 23.4. The van der Waals surface area contributed by atoms with Gasteiger partial charge in [-0.25, -0.2) is 14.6 Å². The molecule has 2 heterocycles. The Balaban J connectivity index is 1.29. The molecule has 0 radical (unpaired) electrons. The summed E-state index contributed by atoms with van der Waals surface area (Å²) in [5, 5.41) is 0.689. The van der Waals surface area contributed by atoms with E-state index in [0.717, 1.165) is 46.6 Å². The first kappa shape index (κ1) is 32.2. The molecule has 0 amide bonds. The van der Waals surface area contributed by atoms with Crippen LogP contribution in [0.25, 0.3) is 28.2 Å². The van der Waals surface area contributed by atoms with Crippen molar-refractivity contribution in [3.8, 4) is 17.2 Å². The van der Waals surface area contributed by atoms with Crippen LogP contribution in [-0.2, 0) is 15.9 Å². The van der Waals surface area contributed by atoms with Crippen molar-refractivity contribution < 1.29 is 33.3 Å². The first-order chi connectivity index (χ1) is 23.2. The van der Waals surface area contributed by atoms with Crippen LogP contribution in [0.15, 0.2) is 72.8 Å². The largest absolute Gasteiger partial charge is 0.493 e. The summed E-state index contributed by atoms with van der Waals surface area (Å²) in [7, 11) is 4.54. The number of aryl methyl sites for hydroxylation is 1. The maximum absolute atomic E-state index is 13.9. The zero-order chi connectivity index (χ0) is 33.9. The monoisotopic (exact) mass is 644 g/mol. The molecule has 3 aromatic carbocycles. The number of pyridine rings is 1. The van der Waals surface area contributed by atoms with Gasteiger partial charge in [0.2, 0.25) is 5.78 Å². The average Bonchev–Trinajstić information content (AvgIpc) is 3.42. The van der Waals surface area contributed by atoms with Crippen LogP contribution in [0.5, 0.6) is 11.5 Å². The predicted molar refractivity (Wildman–Crippen MR) is 183 cm³/mol. The fourth-order valence-corrected chi connectivity index (χ4v) is 6.44. The number of carbonyl (C=O) groups excluding carboxylic acids is 3. The molecule has 6 rings (SSSR count). The molecule has 0 saturated carbocycles. The van der Waals surface area contributed by atoms with E-state index in [1.807, 2.05) is 60.9 Å². The van der Waals surface area contributed by atoms with Gasteiger partial charge in [0.15, 0.2) is 18.1 Å². The molecule has 5 aromatic rings. The summed E-state index contributed by atoms with van der Waals surface area (Å²) in [6, 6.07) is 22.0. The summed E-state index contributed by atoms with van der Waals surface area (Å²) in [6.45, 7) is 3.33. The second-order valence-electron chi connectivity index (χ2n) is 11.6. The summed E-state index contributed by atoms with van der Waals surface area (Å²) >= 11 is 0. The number of para-hydroxylation sites is 1. The van der Waals surface area contributed by atoms with Crippen LogP contribution in [0.4, 0.5) is 0 Å². The molecule has 9 heteroatoms. The van der Waals surface area contributed by atoms with E-state index in [-0.39, 0.29) is 5.78 Å². The van der Waals surface area contributed by atoms with Crippen molar-refractivity contribution in [2.75, 3.05) is 27.9 Å². The molecule has 0 bridgehead atoms. The van der Waals surface area contributed by atoms with E-state index >= 15 is 0 Å². The number of allylic oxidation sites excluding steroid dienone is 1. The topological polar surface area (TPSA) is 106 Å². The summed E-state index contributed by atoms with van der Waals surface area (Å²) in [5.74, 6) is -0.0226. The highest BCUT2D eigenvalue weighted by Gasteiger charge is 2.27. The van der Waals surface area contributed by atoms with E-state index < -0.39 is 18.5 Å². The molecular weight excluding hydrogens is 608 g/mol. The maximum Gasteiger partial charge on any atom is 0.339 e. The second kappa shape index (κ2) is 13.6. The summed E-state index contributed by atoms with van der Waals surface area (Å²) in [6.07, 6.45) is 4.35. The summed E-state index contributed by atoms with van der Waals surface area (Å²) in [5.41, 5.74) is 7.85. The number of hydrogen-bond donors (Lipinski definition) is 0. The van der Waals surface area contributed by atoms with Crippen LogP contribution in [0.2, 0.25) is 0 Å². The smallest absolute Gasteiger partial charge is 0.339 e. The molecule has 244 valence electrons. The van der Waals surface area contributed by atoms with E-state index in [9.17, 15) is 14.4 Å². The van der Waals surface area contributed by atoms with Crippen LogP contribution in [0.1, 0.15) is 72.1 Å². The van der Waals surface area contributed by atoms with Gasteiger partial charge in [-0.1, -0.05) is 24.3 Å². The quantitative estimate of drug-likeness (QED) is 0.121. The average molecular weight is 645 g/mol. The minimum Gasteiger partial charge on any atom is -0.493 e. The lowest BCUT2D eigenvalue weighted by molar-refractivity contribution is 0.0475. The van der Waals surface area contributed by atoms with Gasteiger partial charge < -0.3 is 23.5 Å². The van der Waals surface area contributed by atoms with Crippen molar-refractivity contribution >= 4 is 40.3 Å². The molecule has 1 aliphatic carbocycles. The Morgan fingerprint density at radius 2 is 1.60 bits per heavy atom. The number of carbonyl (C=O) groups is 3. The molecule has 9 nitrogen and oxygen atoms in total.